The molecule has 3 atom stereocenters. The van der Waals surface area contributed by atoms with E-state index in [0.717, 1.165) is 43.3 Å². The van der Waals surface area contributed by atoms with Crippen molar-refractivity contribution in [2.45, 2.75) is 37.8 Å². The summed E-state index contributed by atoms with van der Waals surface area (Å²) in [6.07, 6.45) is 4.39. The van der Waals surface area contributed by atoms with E-state index >= 15 is 0 Å². The molecule has 0 spiro atoms. The molecule has 3 nitrogen and oxygen atoms in total. The summed E-state index contributed by atoms with van der Waals surface area (Å²) in [6, 6.07) is 8.13. The van der Waals surface area contributed by atoms with Gasteiger partial charge in [-0.15, -0.1) is 0 Å². The van der Waals surface area contributed by atoms with E-state index in [4.69, 9.17) is 16.3 Å². The Morgan fingerprint density at radius 3 is 2.48 bits per heavy atom. The van der Waals surface area contributed by atoms with Crippen LogP contribution in [-0.2, 0) is 4.74 Å². The molecular formula is C17H24ClNO2. The molecule has 3 rings (SSSR count). The number of aliphatic hydroxyl groups excluding tert-OH is 1. The average molecular weight is 310 g/mol. The average Bonchev–Trinajstić information content (AvgIpc) is 2.56. The van der Waals surface area contributed by atoms with Gasteiger partial charge in [-0.25, -0.2) is 0 Å². The first-order valence-electron chi connectivity index (χ1n) is 8.01. The van der Waals surface area contributed by atoms with Crippen molar-refractivity contribution >= 4 is 11.6 Å². The normalized spacial score (nSPS) is 29.2. The SMILES string of the molecule is O[C@H](c1ccc(Cl)cc1)[C@H]1CCCC[C@H]1N1CCOCC1. The van der Waals surface area contributed by atoms with Crippen molar-refractivity contribution < 1.29 is 9.84 Å². The molecule has 0 radical (unpaired) electrons. The summed E-state index contributed by atoms with van der Waals surface area (Å²) in [5.74, 6) is 0.318. The summed E-state index contributed by atoms with van der Waals surface area (Å²) in [6.45, 7) is 3.63. The highest BCUT2D eigenvalue weighted by Gasteiger charge is 2.35. The Balaban J connectivity index is 1.74. The lowest BCUT2D eigenvalue weighted by Crippen LogP contribution is -2.49. The molecule has 1 saturated heterocycles. The maximum Gasteiger partial charge on any atom is 0.0833 e. The van der Waals surface area contributed by atoms with Crippen LogP contribution >= 0.6 is 11.6 Å². The molecule has 116 valence electrons. The summed E-state index contributed by atoms with van der Waals surface area (Å²) in [4.78, 5) is 2.52. The highest BCUT2D eigenvalue weighted by molar-refractivity contribution is 6.30. The topological polar surface area (TPSA) is 32.7 Å². The third-order valence-corrected chi connectivity index (χ3v) is 5.17. The van der Waals surface area contributed by atoms with Crippen molar-refractivity contribution in [2.75, 3.05) is 26.3 Å². The number of hydrogen-bond donors (Lipinski definition) is 1. The van der Waals surface area contributed by atoms with Crippen molar-refractivity contribution in [2.24, 2.45) is 5.92 Å². The second kappa shape index (κ2) is 7.10. The molecule has 4 heteroatoms. The number of ether oxygens (including phenoxy) is 1. The lowest BCUT2D eigenvalue weighted by atomic mass is 9.78. The number of morpholine rings is 1. The summed E-state index contributed by atoms with van der Waals surface area (Å²) in [5.41, 5.74) is 0.990. The minimum atomic E-state index is -0.393. The minimum Gasteiger partial charge on any atom is -0.388 e. The van der Waals surface area contributed by atoms with Gasteiger partial charge in [0, 0.05) is 30.1 Å². The van der Waals surface area contributed by atoms with Crippen LogP contribution < -0.4 is 0 Å². The van der Waals surface area contributed by atoms with Gasteiger partial charge in [0.2, 0.25) is 0 Å². The number of nitrogens with zero attached hydrogens (tertiary/aromatic N) is 1. The first kappa shape index (κ1) is 15.3. The molecule has 0 bridgehead atoms. The van der Waals surface area contributed by atoms with E-state index < -0.39 is 6.10 Å². The zero-order valence-corrected chi connectivity index (χ0v) is 13.1. The van der Waals surface area contributed by atoms with E-state index in [1.165, 1.54) is 19.3 Å². The lowest BCUT2D eigenvalue weighted by Gasteiger charge is -2.43. The van der Waals surface area contributed by atoms with Gasteiger partial charge >= 0.3 is 0 Å². The van der Waals surface area contributed by atoms with Crippen LogP contribution in [0.15, 0.2) is 24.3 Å². The Kier molecular flexibility index (Phi) is 5.17. The van der Waals surface area contributed by atoms with Gasteiger partial charge in [-0.05, 0) is 30.5 Å². The molecule has 0 unspecified atom stereocenters. The second-order valence-electron chi connectivity index (χ2n) is 6.16. The highest BCUT2D eigenvalue weighted by atomic mass is 35.5. The van der Waals surface area contributed by atoms with Crippen LogP contribution in [0, 0.1) is 5.92 Å². The number of aliphatic hydroxyl groups is 1. The molecular weight excluding hydrogens is 286 g/mol. The van der Waals surface area contributed by atoms with Gasteiger partial charge in [-0.3, -0.25) is 4.90 Å². The van der Waals surface area contributed by atoms with Crippen LogP contribution in [0.5, 0.6) is 0 Å². The summed E-state index contributed by atoms with van der Waals surface area (Å²) in [7, 11) is 0. The Morgan fingerprint density at radius 1 is 1.10 bits per heavy atom. The lowest BCUT2D eigenvalue weighted by molar-refractivity contribution is -0.0372. The van der Waals surface area contributed by atoms with Crippen molar-refractivity contribution in [3.63, 3.8) is 0 Å². The second-order valence-corrected chi connectivity index (χ2v) is 6.60. The third kappa shape index (κ3) is 3.59. The van der Waals surface area contributed by atoms with Gasteiger partial charge < -0.3 is 9.84 Å². The maximum absolute atomic E-state index is 10.8. The number of hydrogen-bond acceptors (Lipinski definition) is 3. The van der Waals surface area contributed by atoms with Crippen LogP contribution in [-0.4, -0.2) is 42.4 Å². The Labute approximate surface area is 131 Å². The Hall–Kier alpha value is -0.610. The van der Waals surface area contributed by atoms with Crippen LogP contribution in [0.3, 0.4) is 0 Å². The predicted octanol–water partition coefficient (Wildman–Crippen LogP) is 3.26. The molecule has 21 heavy (non-hydrogen) atoms. The molecule has 1 aliphatic heterocycles. The monoisotopic (exact) mass is 309 g/mol. The third-order valence-electron chi connectivity index (χ3n) is 4.91. The zero-order chi connectivity index (χ0) is 14.7. The number of rotatable bonds is 3. The molecule has 1 aromatic carbocycles. The Bertz CT molecular complexity index is 445. The molecule has 1 heterocycles. The largest absolute Gasteiger partial charge is 0.388 e. The zero-order valence-electron chi connectivity index (χ0n) is 12.4. The van der Waals surface area contributed by atoms with Crippen LogP contribution in [0.25, 0.3) is 0 Å². The van der Waals surface area contributed by atoms with E-state index in [9.17, 15) is 5.11 Å². The predicted molar refractivity (Wildman–Crippen MR) is 84.5 cm³/mol. The quantitative estimate of drug-likeness (QED) is 0.930. The first-order chi connectivity index (χ1) is 10.3. The molecule has 0 amide bonds. The first-order valence-corrected chi connectivity index (χ1v) is 8.39. The fraction of sp³-hybridized carbons (Fsp3) is 0.647. The van der Waals surface area contributed by atoms with Crippen molar-refractivity contribution in [3.05, 3.63) is 34.9 Å². The summed E-state index contributed by atoms with van der Waals surface area (Å²) < 4.78 is 5.47. The van der Waals surface area contributed by atoms with Crippen molar-refractivity contribution in [3.8, 4) is 0 Å². The fourth-order valence-electron chi connectivity index (χ4n) is 3.78. The Morgan fingerprint density at radius 2 is 1.76 bits per heavy atom. The number of halogens is 1. The van der Waals surface area contributed by atoms with Gasteiger partial charge in [0.25, 0.3) is 0 Å². The smallest absolute Gasteiger partial charge is 0.0833 e. The molecule has 1 aromatic rings. The molecule has 1 N–H and O–H groups in total. The maximum atomic E-state index is 10.8. The van der Waals surface area contributed by atoms with Gasteiger partial charge in [0.1, 0.15) is 0 Å². The van der Waals surface area contributed by atoms with E-state index in [1.54, 1.807) is 0 Å². The number of benzene rings is 1. The van der Waals surface area contributed by atoms with Gasteiger partial charge in [0.05, 0.1) is 19.3 Å². The molecule has 2 aliphatic rings. The van der Waals surface area contributed by atoms with Crippen molar-refractivity contribution in [1.82, 2.24) is 4.90 Å². The van der Waals surface area contributed by atoms with E-state index in [-0.39, 0.29) is 0 Å². The molecule has 0 aromatic heterocycles. The van der Waals surface area contributed by atoms with Crippen LogP contribution in [0.2, 0.25) is 5.02 Å². The van der Waals surface area contributed by atoms with Crippen LogP contribution in [0.1, 0.15) is 37.4 Å². The fourth-order valence-corrected chi connectivity index (χ4v) is 3.90. The molecule has 1 saturated carbocycles. The molecule has 2 fully saturated rings. The van der Waals surface area contributed by atoms with Gasteiger partial charge in [-0.1, -0.05) is 36.6 Å². The minimum absolute atomic E-state index is 0.318. The highest BCUT2D eigenvalue weighted by Crippen LogP contribution is 2.37. The van der Waals surface area contributed by atoms with Crippen molar-refractivity contribution in [1.29, 1.82) is 0 Å². The van der Waals surface area contributed by atoms with E-state index in [1.807, 2.05) is 24.3 Å². The summed E-state index contributed by atoms with van der Waals surface area (Å²) in [5, 5.41) is 11.6. The summed E-state index contributed by atoms with van der Waals surface area (Å²) >= 11 is 5.95. The standard InChI is InChI=1S/C17H24ClNO2/c18-14-7-5-13(6-8-14)17(20)15-3-1-2-4-16(15)19-9-11-21-12-10-19/h5-8,15-17,20H,1-4,9-12H2/t15-,16+,17+/m0/s1. The van der Waals surface area contributed by atoms with E-state index in [2.05, 4.69) is 4.90 Å². The molecule has 1 aliphatic carbocycles. The van der Waals surface area contributed by atoms with Crippen LogP contribution in [0.4, 0.5) is 0 Å². The van der Waals surface area contributed by atoms with Gasteiger partial charge in [0.15, 0.2) is 0 Å². The van der Waals surface area contributed by atoms with Gasteiger partial charge in [-0.2, -0.15) is 0 Å². The van der Waals surface area contributed by atoms with E-state index in [0.29, 0.717) is 12.0 Å².